The summed E-state index contributed by atoms with van der Waals surface area (Å²) in [5, 5.41) is 14.2. The zero-order valence-corrected chi connectivity index (χ0v) is 12.8. The first-order valence-electron chi connectivity index (χ1n) is 8.87. The molecule has 0 unspecified atom stereocenters. The van der Waals surface area contributed by atoms with E-state index in [2.05, 4.69) is 21.3 Å². The Morgan fingerprint density at radius 2 is 0.650 bits per heavy atom. The first-order valence-corrected chi connectivity index (χ1v) is 8.87. The number of fused-ring (bicyclic) bond motifs is 2. The number of hydrogen-bond acceptors (Lipinski definition) is 4. The summed E-state index contributed by atoms with van der Waals surface area (Å²) in [6.45, 7) is 4.96. The van der Waals surface area contributed by atoms with Crippen LogP contribution >= 0.6 is 0 Å². The second-order valence-electron chi connectivity index (χ2n) is 6.81. The van der Waals surface area contributed by atoms with Crippen molar-refractivity contribution < 1.29 is 0 Å². The Morgan fingerprint density at radius 3 is 0.900 bits per heavy atom. The lowest BCUT2D eigenvalue weighted by molar-refractivity contribution is 0.251. The Balaban J connectivity index is 0.000000121. The van der Waals surface area contributed by atoms with Crippen molar-refractivity contribution in [3.05, 3.63) is 0 Å². The molecule has 4 atom stereocenters. The van der Waals surface area contributed by atoms with E-state index in [1.807, 2.05) is 0 Å². The minimum atomic E-state index is 0.794. The van der Waals surface area contributed by atoms with Gasteiger partial charge in [0, 0.05) is 24.2 Å². The van der Waals surface area contributed by atoms with E-state index in [0.29, 0.717) is 0 Å². The largest absolute Gasteiger partial charge is 0.312 e. The summed E-state index contributed by atoms with van der Waals surface area (Å²) in [6.07, 6.45) is 11.0. The molecule has 20 heavy (non-hydrogen) atoms. The fourth-order valence-electron chi connectivity index (χ4n) is 4.22. The van der Waals surface area contributed by atoms with Crippen molar-refractivity contribution in [1.82, 2.24) is 21.3 Å². The van der Waals surface area contributed by atoms with Crippen LogP contribution in [-0.4, -0.2) is 50.3 Å². The average Bonchev–Trinajstić information content (AvgIpc) is 2.56. The van der Waals surface area contributed by atoms with Crippen LogP contribution in [-0.2, 0) is 0 Å². The maximum Gasteiger partial charge on any atom is 0.0221 e. The molecular formula is C16H32N4. The first-order chi connectivity index (χ1) is 9.93. The molecule has 4 aliphatic heterocycles. The van der Waals surface area contributed by atoms with Crippen LogP contribution in [0.3, 0.4) is 0 Å². The summed E-state index contributed by atoms with van der Waals surface area (Å²) in [5.41, 5.74) is 0. The number of rotatable bonds is 0. The Labute approximate surface area is 123 Å². The van der Waals surface area contributed by atoms with Crippen molar-refractivity contribution in [2.24, 2.45) is 0 Å². The first kappa shape index (κ1) is 14.8. The molecule has 4 fully saturated rings. The zero-order valence-electron chi connectivity index (χ0n) is 12.8. The highest BCUT2D eigenvalue weighted by Gasteiger charge is 2.27. The monoisotopic (exact) mass is 280 g/mol. The van der Waals surface area contributed by atoms with Gasteiger partial charge in [0.25, 0.3) is 0 Å². The lowest BCUT2D eigenvalue weighted by Gasteiger charge is -2.37. The molecule has 0 bridgehead atoms. The second kappa shape index (κ2) is 7.74. The predicted octanol–water partition coefficient (Wildman–Crippen LogP) is 0.981. The van der Waals surface area contributed by atoms with Crippen molar-refractivity contribution in [3.63, 3.8) is 0 Å². The molecule has 4 heteroatoms. The minimum Gasteiger partial charge on any atom is -0.312 e. The number of piperidine rings is 4. The Hall–Kier alpha value is -0.160. The molecule has 0 aromatic rings. The lowest BCUT2D eigenvalue weighted by atomic mass is 9.92. The molecule has 0 radical (unpaired) electrons. The van der Waals surface area contributed by atoms with Crippen molar-refractivity contribution in [2.45, 2.75) is 75.5 Å². The minimum absolute atomic E-state index is 0.794. The van der Waals surface area contributed by atoms with E-state index in [9.17, 15) is 0 Å². The molecule has 4 heterocycles. The van der Waals surface area contributed by atoms with Crippen molar-refractivity contribution >= 4 is 0 Å². The molecule has 4 aliphatic rings. The molecule has 116 valence electrons. The van der Waals surface area contributed by atoms with E-state index < -0.39 is 0 Å². The number of hydrogen-bond donors (Lipinski definition) is 4. The molecule has 4 saturated heterocycles. The van der Waals surface area contributed by atoms with Crippen molar-refractivity contribution in [3.8, 4) is 0 Å². The standard InChI is InChI=1S/2C8H16N2/c2*1-3-7-8(9-5-1)4-2-6-10-7/h2*7-10H,1-6H2/t2*7-,8-/m10/s1. The molecule has 4 rings (SSSR count). The highest BCUT2D eigenvalue weighted by atomic mass is 15.1. The van der Waals surface area contributed by atoms with E-state index in [1.54, 1.807) is 0 Å². The maximum atomic E-state index is 3.56. The van der Waals surface area contributed by atoms with Crippen LogP contribution in [0.5, 0.6) is 0 Å². The summed E-state index contributed by atoms with van der Waals surface area (Å²) in [7, 11) is 0. The highest BCUT2D eigenvalue weighted by molar-refractivity contribution is 4.90. The third-order valence-electron chi connectivity index (χ3n) is 5.37. The Kier molecular flexibility index (Phi) is 5.71. The summed E-state index contributed by atoms with van der Waals surface area (Å²) in [4.78, 5) is 0. The van der Waals surface area contributed by atoms with E-state index in [1.165, 1.54) is 77.5 Å². The molecule has 0 spiro atoms. The smallest absolute Gasteiger partial charge is 0.0221 e. The molecule has 4 nitrogen and oxygen atoms in total. The van der Waals surface area contributed by atoms with Gasteiger partial charge >= 0.3 is 0 Å². The van der Waals surface area contributed by atoms with E-state index >= 15 is 0 Å². The third-order valence-corrected chi connectivity index (χ3v) is 5.37. The quantitative estimate of drug-likeness (QED) is 0.534. The fourth-order valence-corrected chi connectivity index (χ4v) is 4.22. The maximum absolute atomic E-state index is 3.56. The van der Waals surface area contributed by atoms with Gasteiger partial charge in [0.15, 0.2) is 0 Å². The summed E-state index contributed by atoms with van der Waals surface area (Å²) < 4.78 is 0. The van der Waals surface area contributed by atoms with Crippen LogP contribution in [0, 0.1) is 0 Å². The van der Waals surface area contributed by atoms with Gasteiger partial charge in [0.05, 0.1) is 0 Å². The molecule has 4 N–H and O–H groups in total. The van der Waals surface area contributed by atoms with Crippen LogP contribution in [0.15, 0.2) is 0 Å². The predicted molar refractivity (Wildman–Crippen MR) is 84.1 cm³/mol. The lowest BCUT2D eigenvalue weighted by Crippen LogP contribution is -2.54. The Morgan fingerprint density at radius 1 is 0.400 bits per heavy atom. The summed E-state index contributed by atoms with van der Waals surface area (Å²) >= 11 is 0. The average molecular weight is 280 g/mol. The number of nitrogens with one attached hydrogen (secondary N) is 4. The van der Waals surface area contributed by atoms with Gasteiger partial charge in [-0.3, -0.25) is 0 Å². The topological polar surface area (TPSA) is 48.1 Å². The van der Waals surface area contributed by atoms with Crippen LogP contribution < -0.4 is 21.3 Å². The van der Waals surface area contributed by atoms with Crippen LogP contribution in [0.4, 0.5) is 0 Å². The van der Waals surface area contributed by atoms with Gasteiger partial charge in [0.1, 0.15) is 0 Å². The summed E-state index contributed by atoms with van der Waals surface area (Å²) in [5.74, 6) is 0. The third kappa shape index (κ3) is 3.94. The molecule has 0 aliphatic carbocycles. The Bertz CT molecular complexity index is 204. The van der Waals surface area contributed by atoms with Gasteiger partial charge in [-0.2, -0.15) is 0 Å². The zero-order chi connectivity index (χ0) is 13.6. The van der Waals surface area contributed by atoms with Gasteiger partial charge in [-0.25, -0.2) is 0 Å². The molecule has 0 aromatic carbocycles. The highest BCUT2D eigenvalue weighted by Crippen LogP contribution is 2.17. The van der Waals surface area contributed by atoms with E-state index in [0.717, 1.165) is 24.2 Å². The second-order valence-corrected chi connectivity index (χ2v) is 6.81. The van der Waals surface area contributed by atoms with Gasteiger partial charge in [-0.05, 0) is 77.5 Å². The van der Waals surface area contributed by atoms with Gasteiger partial charge in [0.2, 0.25) is 0 Å². The van der Waals surface area contributed by atoms with Crippen molar-refractivity contribution in [1.29, 1.82) is 0 Å². The molecule has 0 saturated carbocycles. The SMILES string of the molecule is C1CN[C@@H]2CCCN[C@@H]2C1.C1CN[C@H]2CCCN[C@H]2C1. The molecular weight excluding hydrogens is 248 g/mol. The van der Waals surface area contributed by atoms with Crippen LogP contribution in [0.2, 0.25) is 0 Å². The molecule has 0 amide bonds. The van der Waals surface area contributed by atoms with Crippen molar-refractivity contribution in [2.75, 3.05) is 26.2 Å². The van der Waals surface area contributed by atoms with Gasteiger partial charge in [-0.1, -0.05) is 0 Å². The van der Waals surface area contributed by atoms with Crippen LogP contribution in [0.1, 0.15) is 51.4 Å². The normalized spacial score (nSPS) is 40.8. The van der Waals surface area contributed by atoms with E-state index in [-0.39, 0.29) is 0 Å². The summed E-state index contributed by atoms with van der Waals surface area (Å²) in [6, 6.07) is 3.18. The molecule has 0 aromatic heterocycles. The van der Waals surface area contributed by atoms with Gasteiger partial charge < -0.3 is 21.3 Å². The fraction of sp³-hybridized carbons (Fsp3) is 1.00. The van der Waals surface area contributed by atoms with Gasteiger partial charge in [-0.15, -0.1) is 0 Å². The van der Waals surface area contributed by atoms with Crippen LogP contribution in [0.25, 0.3) is 0 Å². The van der Waals surface area contributed by atoms with E-state index in [4.69, 9.17) is 0 Å².